The molecule has 0 radical (unpaired) electrons. The number of hydrogen-bond donors (Lipinski definition) is 2. The fourth-order valence-corrected chi connectivity index (χ4v) is 1.46. The molecule has 1 aliphatic carbocycles. The molecular weight excluding hydrogens is 202 g/mol. The summed E-state index contributed by atoms with van der Waals surface area (Å²) in [6.45, 7) is 8.67. The lowest BCUT2D eigenvalue weighted by Crippen LogP contribution is -2.34. The molecule has 1 rings (SSSR count). The molecule has 0 bridgehead atoms. The second-order valence-electron chi connectivity index (χ2n) is 4.89. The number of rotatable bonds is 4. The first-order valence-corrected chi connectivity index (χ1v) is 5.55. The number of aliphatic hydroxyl groups excluding tert-OH is 1. The van der Waals surface area contributed by atoms with Crippen molar-refractivity contribution in [2.24, 2.45) is 0 Å². The van der Waals surface area contributed by atoms with Gasteiger partial charge in [-0.1, -0.05) is 0 Å². The zero-order valence-electron chi connectivity index (χ0n) is 10.5. The molecule has 3 heteroatoms. The first-order valence-electron chi connectivity index (χ1n) is 5.55. The Morgan fingerprint density at radius 3 is 2.62 bits per heavy atom. The molecular formula is C13H21NO2. The fraction of sp³-hybridized carbons (Fsp3) is 0.538. The largest absolute Gasteiger partial charge is 0.495 e. The summed E-state index contributed by atoms with van der Waals surface area (Å²) in [7, 11) is 0. The third-order valence-electron chi connectivity index (χ3n) is 2.09. The number of allylic oxidation sites excluding steroid dienone is 5. The summed E-state index contributed by atoms with van der Waals surface area (Å²) in [5.74, 6) is 0.844. The summed E-state index contributed by atoms with van der Waals surface area (Å²) in [6, 6.07) is 0. The van der Waals surface area contributed by atoms with Gasteiger partial charge in [0.25, 0.3) is 0 Å². The predicted octanol–water partition coefficient (Wildman–Crippen LogP) is 2.11. The zero-order valence-corrected chi connectivity index (χ0v) is 10.5. The van der Waals surface area contributed by atoms with Gasteiger partial charge in [0, 0.05) is 16.8 Å². The van der Waals surface area contributed by atoms with Crippen molar-refractivity contribution >= 4 is 0 Å². The summed E-state index contributed by atoms with van der Waals surface area (Å²) in [6.07, 6.45) is 6.10. The van der Waals surface area contributed by atoms with Crippen LogP contribution in [0.3, 0.4) is 0 Å². The van der Waals surface area contributed by atoms with Crippen molar-refractivity contribution in [2.45, 2.75) is 33.2 Å². The van der Waals surface area contributed by atoms with Crippen molar-refractivity contribution in [1.29, 1.82) is 0 Å². The SMILES string of the molecule is CC(OCCO)=C1C=CC(NC(C)(C)C)=C1. The highest BCUT2D eigenvalue weighted by Gasteiger charge is 2.13. The third kappa shape index (κ3) is 4.11. The lowest BCUT2D eigenvalue weighted by molar-refractivity contribution is 0.145. The highest BCUT2D eigenvalue weighted by Crippen LogP contribution is 2.19. The van der Waals surface area contributed by atoms with Crippen molar-refractivity contribution in [3.63, 3.8) is 0 Å². The number of nitrogens with one attached hydrogen (secondary N) is 1. The summed E-state index contributed by atoms with van der Waals surface area (Å²) in [4.78, 5) is 0. The Morgan fingerprint density at radius 2 is 2.06 bits per heavy atom. The van der Waals surface area contributed by atoms with Gasteiger partial charge in [0.1, 0.15) is 12.4 Å². The molecule has 3 nitrogen and oxygen atoms in total. The molecule has 2 N–H and O–H groups in total. The molecule has 0 aromatic rings. The van der Waals surface area contributed by atoms with Crippen LogP contribution in [0, 0.1) is 0 Å². The van der Waals surface area contributed by atoms with Gasteiger partial charge in [-0.05, 0) is 45.9 Å². The fourth-order valence-electron chi connectivity index (χ4n) is 1.46. The Kier molecular flexibility index (Phi) is 4.19. The molecule has 0 aromatic carbocycles. The quantitative estimate of drug-likeness (QED) is 0.717. The van der Waals surface area contributed by atoms with Gasteiger partial charge in [-0.2, -0.15) is 0 Å². The summed E-state index contributed by atoms with van der Waals surface area (Å²) >= 11 is 0. The maximum Gasteiger partial charge on any atom is 0.111 e. The van der Waals surface area contributed by atoms with E-state index in [0.717, 1.165) is 17.0 Å². The van der Waals surface area contributed by atoms with E-state index in [1.807, 2.05) is 19.1 Å². The van der Waals surface area contributed by atoms with Crippen LogP contribution in [0.1, 0.15) is 27.7 Å². The van der Waals surface area contributed by atoms with Crippen molar-refractivity contribution in [3.8, 4) is 0 Å². The van der Waals surface area contributed by atoms with Crippen LogP contribution >= 0.6 is 0 Å². The van der Waals surface area contributed by atoms with Crippen LogP contribution in [-0.4, -0.2) is 23.9 Å². The molecule has 0 fully saturated rings. The van der Waals surface area contributed by atoms with Gasteiger partial charge in [-0.25, -0.2) is 0 Å². The molecule has 0 spiro atoms. The van der Waals surface area contributed by atoms with E-state index in [2.05, 4.69) is 32.2 Å². The molecule has 0 heterocycles. The molecule has 0 amide bonds. The van der Waals surface area contributed by atoms with Crippen molar-refractivity contribution in [3.05, 3.63) is 35.3 Å². The second-order valence-corrected chi connectivity index (χ2v) is 4.89. The highest BCUT2D eigenvalue weighted by atomic mass is 16.5. The van der Waals surface area contributed by atoms with Crippen molar-refractivity contribution in [2.75, 3.05) is 13.2 Å². The molecule has 0 aliphatic heterocycles. The van der Waals surface area contributed by atoms with E-state index in [9.17, 15) is 0 Å². The molecule has 0 aromatic heterocycles. The minimum Gasteiger partial charge on any atom is -0.495 e. The molecule has 0 saturated heterocycles. The Balaban J connectivity index is 2.65. The first-order chi connectivity index (χ1) is 7.42. The molecule has 0 unspecified atom stereocenters. The molecule has 0 atom stereocenters. The van der Waals surface area contributed by atoms with E-state index >= 15 is 0 Å². The van der Waals surface area contributed by atoms with E-state index < -0.39 is 0 Å². The topological polar surface area (TPSA) is 41.5 Å². The number of aliphatic hydroxyl groups is 1. The van der Waals surface area contributed by atoms with Crippen molar-refractivity contribution < 1.29 is 9.84 Å². The van der Waals surface area contributed by atoms with E-state index in [-0.39, 0.29) is 12.1 Å². The average molecular weight is 223 g/mol. The standard InChI is InChI=1S/C13H21NO2/c1-10(16-8-7-15)11-5-6-12(9-11)14-13(2,3)4/h5-6,9,14-15H,7-8H2,1-4H3. The van der Waals surface area contributed by atoms with Crippen LogP contribution < -0.4 is 5.32 Å². The average Bonchev–Trinajstić information content (AvgIpc) is 2.59. The van der Waals surface area contributed by atoms with E-state index in [1.54, 1.807) is 0 Å². The van der Waals surface area contributed by atoms with Crippen LogP contribution in [-0.2, 0) is 4.74 Å². The molecule has 90 valence electrons. The Bertz CT molecular complexity index is 332. The minimum absolute atomic E-state index is 0.0468. The summed E-state index contributed by atoms with van der Waals surface area (Å²) < 4.78 is 5.36. The van der Waals surface area contributed by atoms with Gasteiger partial charge >= 0.3 is 0 Å². The second kappa shape index (κ2) is 5.21. The first kappa shape index (κ1) is 12.8. The Hall–Kier alpha value is -1.22. The van der Waals surface area contributed by atoms with Gasteiger partial charge in [0.2, 0.25) is 0 Å². The lowest BCUT2D eigenvalue weighted by Gasteiger charge is -2.21. The highest BCUT2D eigenvalue weighted by molar-refractivity contribution is 5.46. The molecule has 16 heavy (non-hydrogen) atoms. The van der Waals surface area contributed by atoms with Crippen LogP contribution in [0.25, 0.3) is 0 Å². The maximum atomic E-state index is 8.67. The Morgan fingerprint density at radius 1 is 1.38 bits per heavy atom. The molecule has 1 aliphatic rings. The van der Waals surface area contributed by atoms with Crippen LogP contribution in [0.2, 0.25) is 0 Å². The number of hydrogen-bond acceptors (Lipinski definition) is 3. The van der Waals surface area contributed by atoms with Gasteiger partial charge in [0.15, 0.2) is 0 Å². The summed E-state index contributed by atoms with van der Waals surface area (Å²) in [5.41, 5.74) is 2.21. The third-order valence-corrected chi connectivity index (χ3v) is 2.09. The summed E-state index contributed by atoms with van der Waals surface area (Å²) in [5, 5.41) is 12.1. The van der Waals surface area contributed by atoms with Crippen LogP contribution in [0.5, 0.6) is 0 Å². The Labute approximate surface area is 97.5 Å². The lowest BCUT2D eigenvalue weighted by atomic mass is 10.1. The number of ether oxygens (including phenoxy) is 1. The zero-order chi connectivity index (χ0) is 12.2. The smallest absolute Gasteiger partial charge is 0.111 e. The predicted molar refractivity (Wildman–Crippen MR) is 65.8 cm³/mol. The van der Waals surface area contributed by atoms with Crippen LogP contribution in [0.4, 0.5) is 0 Å². The van der Waals surface area contributed by atoms with Gasteiger partial charge in [0.05, 0.1) is 6.61 Å². The van der Waals surface area contributed by atoms with Gasteiger partial charge < -0.3 is 15.2 Å². The van der Waals surface area contributed by atoms with Crippen LogP contribution in [0.15, 0.2) is 35.3 Å². The van der Waals surface area contributed by atoms with E-state index in [1.165, 1.54) is 0 Å². The van der Waals surface area contributed by atoms with E-state index in [0.29, 0.717) is 6.61 Å². The van der Waals surface area contributed by atoms with E-state index in [4.69, 9.17) is 9.84 Å². The van der Waals surface area contributed by atoms with Gasteiger partial charge in [-0.15, -0.1) is 0 Å². The molecule has 0 saturated carbocycles. The normalized spacial score (nSPS) is 18.4. The van der Waals surface area contributed by atoms with Crippen molar-refractivity contribution in [1.82, 2.24) is 5.32 Å². The monoisotopic (exact) mass is 223 g/mol. The minimum atomic E-state index is 0.0468. The maximum absolute atomic E-state index is 8.67. The van der Waals surface area contributed by atoms with Gasteiger partial charge in [-0.3, -0.25) is 0 Å².